The molecule has 0 saturated heterocycles. The lowest BCUT2D eigenvalue weighted by molar-refractivity contribution is 0.787. The van der Waals surface area contributed by atoms with E-state index in [0.717, 1.165) is 17.4 Å². The molecule has 0 bridgehead atoms. The van der Waals surface area contributed by atoms with Gasteiger partial charge in [-0.05, 0) is 37.0 Å². The fourth-order valence-corrected chi connectivity index (χ4v) is 2.43. The highest BCUT2D eigenvalue weighted by Gasteiger charge is 2.39. The first-order valence-electron chi connectivity index (χ1n) is 6.51. The van der Waals surface area contributed by atoms with Gasteiger partial charge in [-0.3, -0.25) is 4.99 Å². The van der Waals surface area contributed by atoms with Crippen molar-refractivity contribution in [2.45, 2.75) is 37.3 Å². The first-order chi connectivity index (χ1) is 8.76. The minimum Gasteiger partial charge on any atom is -0.354 e. The maximum atomic E-state index is 6.02. The van der Waals surface area contributed by atoms with E-state index in [1.165, 1.54) is 18.4 Å². The van der Waals surface area contributed by atoms with Gasteiger partial charge in [0.05, 0.1) is 0 Å². The first-order valence-corrected chi connectivity index (χ1v) is 6.89. The standard InChI is InChI=1S/C14H18ClN3/c1-16-14(17-11-5-6-11)18-13-8-12(13)9-3-2-4-10(15)7-9/h2-4,7,11-13H,5-6,8H2,1H3,(H2,16,17,18)/t12-,13+/m0/s1. The number of hydrogen-bond donors (Lipinski definition) is 2. The maximum absolute atomic E-state index is 6.02. The van der Waals surface area contributed by atoms with Crippen LogP contribution in [0.5, 0.6) is 0 Å². The molecule has 2 fully saturated rings. The van der Waals surface area contributed by atoms with Crippen LogP contribution in [0.1, 0.15) is 30.7 Å². The molecule has 1 aromatic carbocycles. The molecule has 0 spiro atoms. The van der Waals surface area contributed by atoms with Crippen molar-refractivity contribution < 1.29 is 0 Å². The summed E-state index contributed by atoms with van der Waals surface area (Å²) >= 11 is 6.02. The number of aliphatic imine (C=N–C) groups is 1. The van der Waals surface area contributed by atoms with Gasteiger partial charge in [-0.15, -0.1) is 0 Å². The molecule has 2 atom stereocenters. The van der Waals surface area contributed by atoms with Crippen LogP contribution in [0.3, 0.4) is 0 Å². The van der Waals surface area contributed by atoms with Gasteiger partial charge in [0, 0.05) is 30.1 Å². The van der Waals surface area contributed by atoms with Crippen LogP contribution < -0.4 is 10.6 Å². The fraction of sp³-hybridized carbons (Fsp3) is 0.500. The molecule has 0 radical (unpaired) electrons. The third-order valence-electron chi connectivity index (χ3n) is 3.53. The van der Waals surface area contributed by atoms with Crippen molar-refractivity contribution in [2.24, 2.45) is 4.99 Å². The minimum atomic E-state index is 0.494. The van der Waals surface area contributed by atoms with Crippen LogP contribution in [-0.2, 0) is 0 Å². The first kappa shape index (κ1) is 11.8. The second-order valence-electron chi connectivity index (χ2n) is 5.14. The second-order valence-corrected chi connectivity index (χ2v) is 5.58. The highest BCUT2D eigenvalue weighted by molar-refractivity contribution is 6.30. The Bertz CT molecular complexity index is 468. The lowest BCUT2D eigenvalue weighted by Gasteiger charge is -2.10. The number of nitrogens with zero attached hydrogens (tertiary/aromatic N) is 1. The average Bonchev–Trinajstić information content (AvgIpc) is 3.24. The SMILES string of the molecule is CN=C(NC1CC1)N[C@@H]1C[C@H]1c1cccc(Cl)c1. The average molecular weight is 264 g/mol. The Morgan fingerprint density at radius 3 is 2.83 bits per heavy atom. The Balaban J connectivity index is 1.57. The summed E-state index contributed by atoms with van der Waals surface area (Å²) < 4.78 is 0. The van der Waals surface area contributed by atoms with E-state index in [2.05, 4.69) is 27.8 Å². The molecule has 0 amide bonds. The smallest absolute Gasteiger partial charge is 0.191 e. The number of halogens is 1. The zero-order chi connectivity index (χ0) is 12.5. The molecule has 2 aliphatic carbocycles. The van der Waals surface area contributed by atoms with Crippen LogP contribution in [0.4, 0.5) is 0 Å². The van der Waals surface area contributed by atoms with Crippen LogP contribution in [-0.4, -0.2) is 25.1 Å². The van der Waals surface area contributed by atoms with Gasteiger partial charge < -0.3 is 10.6 Å². The molecule has 2 N–H and O–H groups in total. The lowest BCUT2D eigenvalue weighted by atomic mass is 10.1. The summed E-state index contributed by atoms with van der Waals surface area (Å²) in [5.41, 5.74) is 1.32. The zero-order valence-corrected chi connectivity index (χ0v) is 11.2. The predicted octanol–water partition coefficient (Wildman–Crippen LogP) is 2.52. The third-order valence-corrected chi connectivity index (χ3v) is 3.77. The van der Waals surface area contributed by atoms with Crippen LogP contribution in [0.25, 0.3) is 0 Å². The van der Waals surface area contributed by atoms with Gasteiger partial charge >= 0.3 is 0 Å². The summed E-state index contributed by atoms with van der Waals surface area (Å²) in [4.78, 5) is 4.26. The Hall–Kier alpha value is -1.22. The van der Waals surface area contributed by atoms with E-state index in [1.807, 2.05) is 19.2 Å². The van der Waals surface area contributed by atoms with Gasteiger partial charge in [-0.2, -0.15) is 0 Å². The number of benzene rings is 1. The Labute approximate surface area is 113 Å². The van der Waals surface area contributed by atoms with Gasteiger partial charge in [-0.1, -0.05) is 23.7 Å². The zero-order valence-electron chi connectivity index (χ0n) is 10.5. The summed E-state index contributed by atoms with van der Waals surface area (Å²) in [6, 6.07) is 9.28. The molecule has 96 valence electrons. The molecule has 0 unspecified atom stereocenters. The van der Waals surface area contributed by atoms with E-state index in [9.17, 15) is 0 Å². The summed E-state index contributed by atoms with van der Waals surface area (Å²) in [7, 11) is 1.83. The normalized spacial score (nSPS) is 26.9. The number of hydrogen-bond acceptors (Lipinski definition) is 1. The van der Waals surface area contributed by atoms with Crippen molar-refractivity contribution in [1.82, 2.24) is 10.6 Å². The summed E-state index contributed by atoms with van der Waals surface area (Å²) in [6.07, 6.45) is 3.69. The van der Waals surface area contributed by atoms with Crippen molar-refractivity contribution in [3.05, 3.63) is 34.9 Å². The molecule has 0 aromatic heterocycles. The molecule has 3 rings (SSSR count). The molecule has 2 saturated carbocycles. The van der Waals surface area contributed by atoms with Gasteiger partial charge in [0.15, 0.2) is 5.96 Å². The lowest BCUT2D eigenvalue weighted by Crippen LogP contribution is -2.40. The highest BCUT2D eigenvalue weighted by Crippen LogP contribution is 2.41. The summed E-state index contributed by atoms with van der Waals surface area (Å²) in [6.45, 7) is 0. The van der Waals surface area contributed by atoms with E-state index < -0.39 is 0 Å². The molecule has 2 aliphatic rings. The van der Waals surface area contributed by atoms with E-state index in [4.69, 9.17) is 11.6 Å². The molecule has 0 heterocycles. The monoisotopic (exact) mass is 263 g/mol. The van der Waals surface area contributed by atoms with Crippen molar-refractivity contribution in [3.8, 4) is 0 Å². The van der Waals surface area contributed by atoms with E-state index in [-0.39, 0.29) is 0 Å². The van der Waals surface area contributed by atoms with Crippen molar-refractivity contribution in [2.75, 3.05) is 7.05 Å². The third kappa shape index (κ3) is 2.78. The minimum absolute atomic E-state index is 0.494. The molecule has 3 nitrogen and oxygen atoms in total. The maximum Gasteiger partial charge on any atom is 0.191 e. The largest absolute Gasteiger partial charge is 0.354 e. The van der Waals surface area contributed by atoms with Crippen LogP contribution in [0, 0.1) is 0 Å². The number of nitrogens with one attached hydrogen (secondary N) is 2. The molecule has 1 aromatic rings. The van der Waals surface area contributed by atoms with Gasteiger partial charge in [0.1, 0.15) is 0 Å². The number of guanidine groups is 1. The highest BCUT2D eigenvalue weighted by atomic mass is 35.5. The van der Waals surface area contributed by atoms with Gasteiger partial charge in [0.25, 0.3) is 0 Å². The van der Waals surface area contributed by atoms with Crippen molar-refractivity contribution in [3.63, 3.8) is 0 Å². The van der Waals surface area contributed by atoms with Gasteiger partial charge in [0.2, 0.25) is 0 Å². The quantitative estimate of drug-likeness (QED) is 0.650. The van der Waals surface area contributed by atoms with Crippen LogP contribution in [0.15, 0.2) is 29.3 Å². The van der Waals surface area contributed by atoms with Crippen LogP contribution in [0.2, 0.25) is 5.02 Å². The summed E-state index contributed by atoms with van der Waals surface area (Å²) in [5.74, 6) is 1.51. The summed E-state index contributed by atoms with van der Waals surface area (Å²) in [5, 5.41) is 7.70. The van der Waals surface area contributed by atoms with Crippen molar-refractivity contribution in [1.29, 1.82) is 0 Å². The van der Waals surface area contributed by atoms with Gasteiger partial charge in [-0.25, -0.2) is 0 Å². The van der Waals surface area contributed by atoms with Crippen molar-refractivity contribution >= 4 is 17.6 Å². The molecular weight excluding hydrogens is 246 g/mol. The topological polar surface area (TPSA) is 36.4 Å². The Morgan fingerprint density at radius 2 is 2.17 bits per heavy atom. The molecular formula is C14H18ClN3. The second kappa shape index (κ2) is 4.81. The van der Waals surface area contributed by atoms with E-state index >= 15 is 0 Å². The predicted molar refractivity (Wildman–Crippen MR) is 75.3 cm³/mol. The molecule has 4 heteroatoms. The Morgan fingerprint density at radius 1 is 1.33 bits per heavy atom. The molecule has 18 heavy (non-hydrogen) atoms. The Kier molecular flexibility index (Phi) is 3.16. The molecule has 0 aliphatic heterocycles. The number of rotatable bonds is 3. The van der Waals surface area contributed by atoms with E-state index in [1.54, 1.807) is 0 Å². The fourth-order valence-electron chi connectivity index (χ4n) is 2.23. The van der Waals surface area contributed by atoms with E-state index in [0.29, 0.717) is 18.0 Å². The van der Waals surface area contributed by atoms with Crippen LogP contribution >= 0.6 is 11.6 Å².